The van der Waals surface area contributed by atoms with E-state index in [4.69, 9.17) is 5.84 Å². The van der Waals surface area contributed by atoms with E-state index in [9.17, 15) is 8.42 Å². The molecule has 20 heavy (non-hydrogen) atoms. The van der Waals surface area contributed by atoms with Crippen LogP contribution in [0.3, 0.4) is 0 Å². The van der Waals surface area contributed by atoms with E-state index in [1.54, 1.807) is 12.1 Å². The molecule has 3 N–H and O–H groups in total. The molecule has 0 atom stereocenters. The molecular weight excluding hydrogens is 276 g/mol. The first-order chi connectivity index (χ1) is 9.57. The largest absolute Gasteiger partial charge is 0.321 e. The van der Waals surface area contributed by atoms with Crippen LogP contribution >= 0.6 is 0 Å². The van der Waals surface area contributed by atoms with Gasteiger partial charge in [-0.25, -0.2) is 13.4 Å². The molecule has 0 unspecified atom stereocenters. The first kappa shape index (κ1) is 16.9. The van der Waals surface area contributed by atoms with Crippen molar-refractivity contribution in [1.82, 2.24) is 9.29 Å². The number of rotatable bonds is 9. The Kier molecular flexibility index (Phi) is 6.90. The average Bonchev–Trinajstić information content (AvgIpc) is 2.47. The molecule has 6 nitrogen and oxygen atoms in total. The number of pyridine rings is 1. The first-order valence-corrected chi connectivity index (χ1v) is 8.43. The lowest BCUT2D eigenvalue weighted by molar-refractivity contribution is 0.394. The number of nitrogens with two attached hydrogens (primary N) is 1. The van der Waals surface area contributed by atoms with Gasteiger partial charge in [0.25, 0.3) is 10.0 Å². The highest BCUT2D eigenvalue weighted by Crippen LogP contribution is 2.22. The molecule has 0 amide bonds. The lowest BCUT2D eigenvalue weighted by atomic mass is 10.3. The van der Waals surface area contributed by atoms with Crippen molar-refractivity contribution in [1.29, 1.82) is 0 Å². The Morgan fingerprint density at radius 2 is 1.85 bits per heavy atom. The summed E-state index contributed by atoms with van der Waals surface area (Å²) in [4.78, 5) is 3.99. The van der Waals surface area contributed by atoms with E-state index < -0.39 is 10.0 Å². The first-order valence-electron chi connectivity index (χ1n) is 6.99. The summed E-state index contributed by atoms with van der Waals surface area (Å²) in [6.07, 6.45) is 5.03. The zero-order valence-corrected chi connectivity index (χ0v) is 13.0. The van der Waals surface area contributed by atoms with Crippen LogP contribution < -0.4 is 11.3 Å². The molecule has 0 aromatic carbocycles. The second-order valence-electron chi connectivity index (χ2n) is 4.61. The topological polar surface area (TPSA) is 88.3 Å². The minimum absolute atomic E-state index is 0.00490. The molecule has 114 valence electrons. The number of unbranched alkanes of at least 4 members (excludes halogenated alkanes) is 2. The minimum atomic E-state index is -3.61. The predicted molar refractivity (Wildman–Crippen MR) is 80.6 cm³/mol. The quantitative estimate of drug-likeness (QED) is 0.537. The van der Waals surface area contributed by atoms with Gasteiger partial charge in [-0.3, -0.25) is 5.84 Å². The SMILES string of the molecule is CCCCN(CCCC)S(=O)(=O)c1ncccc1NN. The van der Waals surface area contributed by atoms with Crippen molar-refractivity contribution in [2.24, 2.45) is 5.84 Å². The van der Waals surface area contributed by atoms with Crippen molar-refractivity contribution >= 4 is 15.7 Å². The number of nitrogen functional groups attached to an aromatic ring is 1. The summed E-state index contributed by atoms with van der Waals surface area (Å²) >= 11 is 0. The standard InChI is InChI=1S/C13H24N4O2S/c1-3-5-10-17(11-6-4-2)20(18,19)13-12(16-14)8-7-9-15-13/h7-9,16H,3-6,10-11,14H2,1-2H3. The zero-order valence-electron chi connectivity index (χ0n) is 12.2. The predicted octanol–water partition coefficient (Wildman–Crippen LogP) is 1.96. The number of nitrogens with zero attached hydrogens (tertiary/aromatic N) is 2. The normalized spacial score (nSPS) is 11.8. The van der Waals surface area contributed by atoms with E-state index in [-0.39, 0.29) is 5.03 Å². The van der Waals surface area contributed by atoms with E-state index in [1.807, 2.05) is 13.8 Å². The van der Waals surface area contributed by atoms with Crippen LogP contribution in [0.2, 0.25) is 0 Å². The number of nitrogens with one attached hydrogen (secondary N) is 1. The Labute approximate surface area is 121 Å². The second-order valence-corrected chi connectivity index (χ2v) is 6.46. The van der Waals surface area contributed by atoms with Crippen LogP contribution in [0.15, 0.2) is 23.4 Å². The Morgan fingerprint density at radius 3 is 2.35 bits per heavy atom. The fourth-order valence-electron chi connectivity index (χ4n) is 1.85. The van der Waals surface area contributed by atoms with Gasteiger partial charge >= 0.3 is 0 Å². The van der Waals surface area contributed by atoms with Gasteiger partial charge in [0.2, 0.25) is 0 Å². The van der Waals surface area contributed by atoms with Gasteiger partial charge in [-0.05, 0) is 25.0 Å². The molecule has 1 rings (SSSR count). The Morgan fingerprint density at radius 1 is 1.25 bits per heavy atom. The van der Waals surface area contributed by atoms with Crippen molar-refractivity contribution in [2.45, 2.75) is 44.6 Å². The molecular formula is C13H24N4O2S. The third-order valence-electron chi connectivity index (χ3n) is 3.03. The molecule has 0 spiro atoms. The van der Waals surface area contributed by atoms with Crippen molar-refractivity contribution < 1.29 is 8.42 Å². The summed E-state index contributed by atoms with van der Waals surface area (Å²) in [6.45, 7) is 5.11. The van der Waals surface area contributed by atoms with Gasteiger partial charge in [-0.15, -0.1) is 0 Å². The van der Waals surface area contributed by atoms with Crippen LogP contribution in [0.4, 0.5) is 5.69 Å². The van der Waals surface area contributed by atoms with Crippen molar-refractivity contribution in [3.63, 3.8) is 0 Å². The van der Waals surface area contributed by atoms with Gasteiger partial charge in [0, 0.05) is 19.3 Å². The molecule has 1 aromatic heterocycles. The molecule has 0 aliphatic rings. The monoisotopic (exact) mass is 300 g/mol. The highest BCUT2D eigenvalue weighted by molar-refractivity contribution is 7.89. The molecule has 1 heterocycles. The molecule has 0 aliphatic carbocycles. The lowest BCUT2D eigenvalue weighted by Crippen LogP contribution is -2.34. The number of hydrogen-bond donors (Lipinski definition) is 2. The Bertz CT molecular complexity index is 497. The van der Waals surface area contributed by atoms with Gasteiger partial charge < -0.3 is 5.43 Å². The number of hydrazine groups is 1. The Hall–Kier alpha value is -1.18. The Balaban J connectivity index is 3.07. The molecule has 0 aliphatic heterocycles. The van der Waals surface area contributed by atoms with Crippen LogP contribution in [-0.4, -0.2) is 30.8 Å². The molecule has 0 saturated heterocycles. The summed E-state index contributed by atoms with van der Waals surface area (Å²) in [6, 6.07) is 3.26. The van der Waals surface area contributed by atoms with Gasteiger partial charge in [0.1, 0.15) is 0 Å². The molecule has 0 radical (unpaired) electrons. The average molecular weight is 300 g/mol. The summed E-state index contributed by atoms with van der Waals surface area (Å²) in [5, 5.41) is -0.00490. The van der Waals surface area contributed by atoms with Crippen LogP contribution in [0, 0.1) is 0 Å². The highest BCUT2D eigenvalue weighted by atomic mass is 32.2. The van der Waals surface area contributed by atoms with Gasteiger partial charge in [-0.2, -0.15) is 4.31 Å². The molecule has 0 bridgehead atoms. The summed E-state index contributed by atoms with van der Waals surface area (Å²) < 4.78 is 26.9. The fourth-order valence-corrected chi connectivity index (χ4v) is 3.43. The molecule has 1 aromatic rings. The van der Waals surface area contributed by atoms with Crippen LogP contribution in [0.5, 0.6) is 0 Å². The van der Waals surface area contributed by atoms with E-state index in [2.05, 4.69) is 10.4 Å². The number of sulfonamides is 1. The van der Waals surface area contributed by atoms with Gasteiger partial charge in [0.05, 0.1) is 5.69 Å². The van der Waals surface area contributed by atoms with Crippen molar-refractivity contribution in [2.75, 3.05) is 18.5 Å². The summed E-state index contributed by atoms with van der Waals surface area (Å²) in [7, 11) is -3.61. The smallest absolute Gasteiger partial charge is 0.262 e. The maximum Gasteiger partial charge on any atom is 0.262 e. The third kappa shape index (κ3) is 4.16. The van der Waals surface area contributed by atoms with Crippen molar-refractivity contribution in [3.8, 4) is 0 Å². The fraction of sp³-hybridized carbons (Fsp3) is 0.615. The van der Waals surface area contributed by atoms with Crippen LogP contribution in [-0.2, 0) is 10.0 Å². The highest BCUT2D eigenvalue weighted by Gasteiger charge is 2.27. The van der Waals surface area contributed by atoms with Crippen molar-refractivity contribution in [3.05, 3.63) is 18.3 Å². The maximum absolute atomic E-state index is 12.7. The summed E-state index contributed by atoms with van der Waals surface area (Å²) in [5.41, 5.74) is 2.72. The number of hydrogen-bond acceptors (Lipinski definition) is 5. The molecule has 0 saturated carbocycles. The number of aromatic nitrogens is 1. The molecule has 0 fully saturated rings. The third-order valence-corrected chi connectivity index (χ3v) is 4.89. The molecule has 7 heteroatoms. The van der Waals surface area contributed by atoms with Crippen LogP contribution in [0.1, 0.15) is 39.5 Å². The summed E-state index contributed by atoms with van der Waals surface area (Å²) in [5.74, 6) is 5.37. The maximum atomic E-state index is 12.7. The van der Waals surface area contributed by atoms with E-state index >= 15 is 0 Å². The minimum Gasteiger partial charge on any atom is -0.321 e. The van der Waals surface area contributed by atoms with E-state index in [1.165, 1.54) is 10.5 Å². The van der Waals surface area contributed by atoms with Crippen LogP contribution in [0.25, 0.3) is 0 Å². The van der Waals surface area contributed by atoms with Gasteiger partial charge in [-0.1, -0.05) is 26.7 Å². The zero-order chi connectivity index (χ0) is 15.0. The van der Waals surface area contributed by atoms with Gasteiger partial charge in [0.15, 0.2) is 5.03 Å². The van der Waals surface area contributed by atoms with E-state index in [0.717, 1.165) is 25.7 Å². The number of anilines is 1. The lowest BCUT2D eigenvalue weighted by Gasteiger charge is -2.22. The van der Waals surface area contributed by atoms with E-state index in [0.29, 0.717) is 18.8 Å². The second kappa shape index (κ2) is 8.18.